The Morgan fingerprint density at radius 2 is 2.21 bits per heavy atom. The van der Waals surface area contributed by atoms with Gasteiger partial charge < -0.3 is 10.6 Å². The van der Waals surface area contributed by atoms with Gasteiger partial charge in [0.05, 0.1) is 0 Å². The first-order chi connectivity index (χ1) is 8.93. The summed E-state index contributed by atoms with van der Waals surface area (Å²) >= 11 is 0. The molecule has 3 nitrogen and oxygen atoms in total. The molecule has 3 unspecified atom stereocenters. The molecule has 4 heteroatoms. The molecule has 1 saturated carbocycles. The Bertz CT molecular complexity index is 500. The van der Waals surface area contributed by atoms with Crippen LogP contribution in [0, 0.1) is 11.8 Å². The van der Waals surface area contributed by atoms with E-state index in [1.165, 1.54) is 6.42 Å². The lowest BCUT2D eigenvalue weighted by molar-refractivity contribution is 0.637. The van der Waals surface area contributed by atoms with Crippen molar-refractivity contribution < 1.29 is 0 Å². The van der Waals surface area contributed by atoms with Crippen molar-refractivity contribution in [3.8, 4) is 0 Å². The molecule has 2 N–H and O–H groups in total. The summed E-state index contributed by atoms with van der Waals surface area (Å²) in [6, 6.07) is 8.95. The second kappa shape index (κ2) is 5.31. The lowest BCUT2D eigenvalue weighted by atomic mass is 10.0. The summed E-state index contributed by atoms with van der Waals surface area (Å²) in [5.74, 6) is 3.54. The summed E-state index contributed by atoms with van der Waals surface area (Å²) in [6.07, 6.45) is 2.44. The first-order valence-corrected chi connectivity index (χ1v) is 7.03. The molecule has 0 spiro atoms. The van der Waals surface area contributed by atoms with Crippen LogP contribution in [-0.2, 0) is 6.42 Å². The van der Waals surface area contributed by atoms with Crippen molar-refractivity contribution in [2.45, 2.75) is 18.8 Å². The maximum absolute atomic E-state index is 4.46. The van der Waals surface area contributed by atoms with Gasteiger partial charge in [-0.3, -0.25) is 4.99 Å². The second-order valence-electron chi connectivity index (χ2n) is 5.65. The summed E-state index contributed by atoms with van der Waals surface area (Å²) in [7, 11) is 0. The topological polar surface area (TPSA) is 36.4 Å². The Balaban J connectivity index is 0.00000110. The number of nitrogens with one attached hydrogen (secondary N) is 2. The quantitative estimate of drug-likeness (QED) is 0.784. The molecule has 0 amide bonds. The van der Waals surface area contributed by atoms with Gasteiger partial charge in [-0.05, 0) is 41.7 Å². The minimum absolute atomic E-state index is 0. The lowest BCUT2D eigenvalue weighted by Crippen LogP contribution is -2.41. The van der Waals surface area contributed by atoms with Crippen LogP contribution in [0.3, 0.4) is 0 Å². The highest BCUT2D eigenvalue weighted by molar-refractivity contribution is 14.0. The van der Waals surface area contributed by atoms with E-state index in [0.29, 0.717) is 0 Å². The number of guanidine groups is 1. The summed E-state index contributed by atoms with van der Waals surface area (Å²) < 4.78 is 0. The highest BCUT2D eigenvalue weighted by atomic mass is 127. The number of hydrogen-bond donors (Lipinski definition) is 2. The van der Waals surface area contributed by atoms with Gasteiger partial charge in [0.15, 0.2) is 5.96 Å². The zero-order valence-electron chi connectivity index (χ0n) is 10.9. The molecular weight excluding hydrogens is 349 g/mol. The van der Waals surface area contributed by atoms with Crippen LogP contribution in [0.25, 0.3) is 0 Å². The highest BCUT2D eigenvalue weighted by Gasteiger charge is 2.54. The van der Waals surface area contributed by atoms with E-state index >= 15 is 0 Å². The third kappa shape index (κ3) is 2.35. The van der Waals surface area contributed by atoms with Crippen LogP contribution < -0.4 is 10.6 Å². The van der Waals surface area contributed by atoms with Crippen LogP contribution in [0.5, 0.6) is 0 Å². The van der Waals surface area contributed by atoms with Gasteiger partial charge in [-0.2, -0.15) is 0 Å². The molecule has 102 valence electrons. The number of halogens is 1. The molecule has 1 fully saturated rings. The third-order valence-electron chi connectivity index (χ3n) is 4.60. The first kappa shape index (κ1) is 13.2. The van der Waals surface area contributed by atoms with Crippen molar-refractivity contribution in [2.75, 3.05) is 19.6 Å². The van der Waals surface area contributed by atoms with Gasteiger partial charge in [-0.25, -0.2) is 0 Å². The molecule has 0 bridgehead atoms. The van der Waals surface area contributed by atoms with Gasteiger partial charge in [0.1, 0.15) is 0 Å². The lowest BCUT2D eigenvalue weighted by Gasteiger charge is -2.16. The monoisotopic (exact) mass is 369 g/mol. The largest absolute Gasteiger partial charge is 0.356 e. The van der Waals surface area contributed by atoms with Gasteiger partial charge in [0.25, 0.3) is 0 Å². The number of nitrogens with zero attached hydrogens (tertiary/aromatic N) is 1. The zero-order valence-corrected chi connectivity index (χ0v) is 13.3. The fourth-order valence-corrected chi connectivity index (χ4v) is 3.63. The van der Waals surface area contributed by atoms with Gasteiger partial charge in [-0.1, -0.05) is 24.3 Å². The van der Waals surface area contributed by atoms with E-state index < -0.39 is 0 Å². The molecule has 0 aromatic heterocycles. The molecule has 0 radical (unpaired) electrons. The molecule has 2 aliphatic carbocycles. The first-order valence-electron chi connectivity index (χ1n) is 7.03. The van der Waals surface area contributed by atoms with Crippen LogP contribution >= 0.6 is 24.0 Å². The standard InChI is InChI=1S/C15H19N3.HI/c1-2-5-11-10(4-1)8-12-13(14(11)12)9-18-15-16-6-3-7-17-15;/h1-2,4-5,12-14H,3,6-9H2,(H2,16,17,18);1H. The summed E-state index contributed by atoms with van der Waals surface area (Å²) in [5, 5.41) is 6.81. The fourth-order valence-electron chi connectivity index (χ4n) is 3.63. The predicted molar refractivity (Wildman–Crippen MR) is 88.2 cm³/mol. The van der Waals surface area contributed by atoms with E-state index in [-0.39, 0.29) is 24.0 Å². The molecule has 4 rings (SSSR count). The number of benzene rings is 1. The maximum Gasteiger partial charge on any atom is 0.191 e. The third-order valence-corrected chi connectivity index (χ3v) is 4.60. The summed E-state index contributed by atoms with van der Waals surface area (Å²) in [5.41, 5.74) is 3.18. The molecular formula is C15H20IN3. The molecule has 0 saturated heterocycles. The Kier molecular flexibility index (Phi) is 3.69. The Labute approximate surface area is 131 Å². The molecule has 19 heavy (non-hydrogen) atoms. The average molecular weight is 369 g/mol. The van der Waals surface area contributed by atoms with Gasteiger partial charge in [0.2, 0.25) is 0 Å². The van der Waals surface area contributed by atoms with Crippen LogP contribution in [-0.4, -0.2) is 25.6 Å². The molecule has 3 aliphatic rings. The molecule has 3 atom stereocenters. The van der Waals surface area contributed by atoms with E-state index in [2.05, 4.69) is 39.9 Å². The van der Waals surface area contributed by atoms with Crippen molar-refractivity contribution in [3.05, 3.63) is 35.4 Å². The van der Waals surface area contributed by atoms with Crippen molar-refractivity contribution in [1.29, 1.82) is 0 Å². The van der Waals surface area contributed by atoms with Crippen molar-refractivity contribution in [1.82, 2.24) is 10.6 Å². The predicted octanol–water partition coefficient (Wildman–Crippen LogP) is 2.13. The molecule has 1 heterocycles. The van der Waals surface area contributed by atoms with Crippen molar-refractivity contribution in [3.63, 3.8) is 0 Å². The van der Waals surface area contributed by atoms with Crippen LogP contribution in [0.15, 0.2) is 29.3 Å². The van der Waals surface area contributed by atoms with E-state index in [0.717, 1.165) is 49.8 Å². The molecule has 1 aromatic carbocycles. The Morgan fingerprint density at radius 3 is 3.05 bits per heavy atom. The fraction of sp³-hybridized carbons (Fsp3) is 0.533. The van der Waals surface area contributed by atoms with Crippen LogP contribution in [0.2, 0.25) is 0 Å². The number of rotatable bonds is 2. The molecule has 1 aromatic rings. The number of fused-ring (bicyclic) bond motifs is 3. The van der Waals surface area contributed by atoms with E-state index in [9.17, 15) is 0 Å². The zero-order chi connectivity index (χ0) is 11.9. The van der Waals surface area contributed by atoms with E-state index in [1.807, 2.05) is 0 Å². The van der Waals surface area contributed by atoms with Crippen molar-refractivity contribution in [2.24, 2.45) is 16.8 Å². The maximum atomic E-state index is 4.46. The average Bonchev–Trinajstić information content (AvgIpc) is 2.97. The Morgan fingerprint density at radius 1 is 1.32 bits per heavy atom. The van der Waals surface area contributed by atoms with Crippen LogP contribution in [0.1, 0.15) is 23.5 Å². The van der Waals surface area contributed by atoms with Crippen molar-refractivity contribution >= 4 is 29.9 Å². The van der Waals surface area contributed by atoms with Gasteiger partial charge in [0, 0.05) is 19.6 Å². The van der Waals surface area contributed by atoms with E-state index in [4.69, 9.17) is 0 Å². The van der Waals surface area contributed by atoms with Gasteiger partial charge >= 0.3 is 0 Å². The SMILES string of the molecule is I.c1ccc2c(c1)CC1C(CNC3=NCCCN3)C21. The van der Waals surface area contributed by atoms with Crippen LogP contribution in [0.4, 0.5) is 0 Å². The summed E-state index contributed by atoms with van der Waals surface area (Å²) in [4.78, 5) is 4.46. The number of aliphatic imine (C=N–C) groups is 1. The smallest absolute Gasteiger partial charge is 0.191 e. The molecule has 1 aliphatic heterocycles. The Hall–Kier alpha value is -0.780. The minimum Gasteiger partial charge on any atom is -0.356 e. The minimum atomic E-state index is 0. The second-order valence-corrected chi connectivity index (χ2v) is 5.65. The normalized spacial score (nSPS) is 30.3. The number of hydrogen-bond acceptors (Lipinski definition) is 3. The van der Waals surface area contributed by atoms with Gasteiger partial charge in [-0.15, -0.1) is 24.0 Å². The van der Waals surface area contributed by atoms with E-state index in [1.54, 1.807) is 11.1 Å². The highest BCUT2D eigenvalue weighted by Crippen LogP contribution is 2.60. The summed E-state index contributed by atoms with van der Waals surface area (Å²) in [6.45, 7) is 3.11.